The number of unbranched alkanes of at least 4 members (excludes halogenated alkanes) is 1. The summed E-state index contributed by atoms with van der Waals surface area (Å²) < 4.78 is 1.32. The Kier molecular flexibility index (Phi) is 4.96. The van der Waals surface area contributed by atoms with Crippen LogP contribution in [0.5, 0.6) is 0 Å². The SMILES string of the molecule is CCCCN(C)C(=O)Cn1cnc2ccc(Cl)cc2c1=O. The van der Waals surface area contributed by atoms with E-state index in [9.17, 15) is 9.59 Å². The zero-order chi connectivity index (χ0) is 15.4. The lowest BCUT2D eigenvalue weighted by Crippen LogP contribution is -2.34. The van der Waals surface area contributed by atoms with Crippen LogP contribution in [-0.2, 0) is 11.3 Å². The monoisotopic (exact) mass is 307 g/mol. The van der Waals surface area contributed by atoms with Gasteiger partial charge in [0.05, 0.1) is 17.2 Å². The van der Waals surface area contributed by atoms with E-state index < -0.39 is 0 Å². The van der Waals surface area contributed by atoms with Gasteiger partial charge < -0.3 is 4.90 Å². The van der Waals surface area contributed by atoms with Crippen molar-refractivity contribution in [3.05, 3.63) is 39.9 Å². The summed E-state index contributed by atoms with van der Waals surface area (Å²) in [7, 11) is 1.74. The number of rotatable bonds is 5. The number of hydrogen-bond donors (Lipinski definition) is 0. The molecule has 0 aliphatic heterocycles. The van der Waals surface area contributed by atoms with Crippen LogP contribution in [0.4, 0.5) is 0 Å². The van der Waals surface area contributed by atoms with Gasteiger partial charge in [-0.15, -0.1) is 0 Å². The minimum Gasteiger partial charge on any atom is -0.344 e. The first-order chi connectivity index (χ1) is 10.0. The Morgan fingerprint density at radius 3 is 2.90 bits per heavy atom. The van der Waals surface area contributed by atoms with Gasteiger partial charge in [0.2, 0.25) is 5.91 Å². The van der Waals surface area contributed by atoms with Gasteiger partial charge in [-0.25, -0.2) is 4.98 Å². The molecule has 2 rings (SSSR count). The number of amides is 1. The summed E-state index contributed by atoms with van der Waals surface area (Å²) in [6.45, 7) is 2.76. The highest BCUT2D eigenvalue weighted by Crippen LogP contribution is 2.14. The van der Waals surface area contributed by atoms with E-state index in [0.29, 0.717) is 22.5 Å². The van der Waals surface area contributed by atoms with Crippen molar-refractivity contribution >= 4 is 28.4 Å². The molecule has 0 spiro atoms. The molecule has 0 atom stereocenters. The standard InChI is InChI=1S/C15H18ClN3O2/c1-3-4-7-18(2)14(20)9-19-10-17-13-6-5-11(16)8-12(13)15(19)21/h5-6,8,10H,3-4,7,9H2,1-2H3. The number of halogens is 1. The van der Waals surface area contributed by atoms with Crippen LogP contribution in [0.3, 0.4) is 0 Å². The maximum absolute atomic E-state index is 12.3. The molecule has 0 unspecified atom stereocenters. The molecule has 0 aliphatic carbocycles. The van der Waals surface area contributed by atoms with Crippen molar-refractivity contribution in [1.82, 2.24) is 14.5 Å². The summed E-state index contributed by atoms with van der Waals surface area (Å²) in [6.07, 6.45) is 3.38. The maximum Gasteiger partial charge on any atom is 0.261 e. The van der Waals surface area contributed by atoms with Crippen molar-refractivity contribution in [2.24, 2.45) is 0 Å². The highest BCUT2D eigenvalue weighted by atomic mass is 35.5. The molecule has 1 amide bonds. The van der Waals surface area contributed by atoms with E-state index in [1.165, 1.54) is 10.9 Å². The number of hydrogen-bond acceptors (Lipinski definition) is 3. The quantitative estimate of drug-likeness (QED) is 0.852. The lowest BCUT2D eigenvalue weighted by atomic mass is 10.2. The third-order valence-electron chi connectivity index (χ3n) is 3.36. The van der Waals surface area contributed by atoms with Crippen LogP contribution in [-0.4, -0.2) is 34.0 Å². The fourth-order valence-electron chi connectivity index (χ4n) is 2.03. The fraction of sp³-hybridized carbons (Fsp3) is 0.400. The average molecular weight is 308 g/mol. The van der Waals surface area contributed by atoms with E-state index in [0.717, 1.165) is 12.8 Å². The molecule has 0 aliphatic rings. The molecule has 2 aromatic rings. The van der Waals surface area contributed by atoms with Gasteiger partial charge in [-0.1, -0.05) is 24.9 Å². The Balaban J connectivity index is 2.25. The lowest BCUT2D eigenvalue weighted by Gasteiger charge is -2.17. The summed E-state index contributed by atoms with van der Waals surface area (Å²) >= 11 is 5.91. The largest absolute Gasteiger partial charge is 0.344 e. The number of aromatic nitrogens is 2. The molecular weight excluding hydrogens is 290 g/mol. The Hall–Kier alpha value is -1.88. The van der Waals surface area contributed by atoms with Crippen molar-refractivity contribution in [3.8, 4) is 0 Å². The topological polar surface area (TPSA) is 55.2 Å². The van der Waals surface area contributed by atoms with Crippen LogP contribution in [0.15, 0.2) is 29.3 Å². The summed E-state index contributed by atoms with van der Waals surface area (Å²) in [5, 5.41) is 0.902. The minimum atomic E-state index is -0.250. The van der Waals surface area contributed by atoms with Crippen LogP contribution in [0, 0.1) is 0 Å². The van der Waals surface area contributed by atoms with E-state index in [-0.39, 0.29) is 18.0 Å². The molecule has 0 saturated carbocycles. The van der Waals surface area contributed by atoms with Crippen molar-refractivity contribution in [3.63, 3.8) is 0 Å². The second-order valence-electron chi connectivity index (χ2n) is 5.01. The number of nitrogens with zero attached hydrogens (tertiary/aromatic N) is 3. The first-order valence-electron chi connectivity index (χ1n) is 6.91. The molecule has 1 aromatic carbocycles. The molecule has 0 fully saturated rings. The van der Waals surface area contributed by atoms with Gasteiger partial charge in [0.25, 0.3) is 5.56 Å². The van der Waals surface area contributed by atoms with Crippen molar-refractivity contribution in [1.29, 1.82) is 0 Å². The van der Waals surface area contributed by atoms with Gasteiger partial charge in [-0.05, 0) is 24.6 Å². The van der Waals surface area contributed by atoms with Crippen LogP contribution in [0.1, 0.15) is 19.8 Å². The van der Waals surface area contributed by atoms with Crippen LogP contribution in [0.25, 0.3) is 10.9 Å². The van der Waals surface area contributed by atoms with E-state index in [1.807, 2.05) is 0 Å². The second kappa shape index (κ2) is 6.72. The van der Waals surface area contributed by atoms with E-state index >= 15 is 0 Å². The van der Waals surface area contributed by atoms with Crippen LogP contribution < -0.4 is 5.56 Å². The van der Waals surface area contributed by atoms with Gasteiger partial charge in [0, 0.05) is 18.6 Å². The minimum absolute atomic E-state index is 0.00546. The zero-order valence-electron chi connectivity index (χ0n) is 12.2. The Labute approximate surface area is 128 Å². The van der Waals surface area contributed by atoms with Crippen LogP contribution in [0.2, 0.25) is 5.02 Å². The molecule has 112 valence electrons. The second-order valence-corrected chi connectivity index (χ2v) is 5.44. The molecule has 21 heavy (non-hydrogen) atoms. The number of benzene rings is 1. The molecule has 1 aromatic heterocycles. The van der Waals surface area contributed by atoms with Gasteiger partial charge in [0.1, 0.15) is 6.54 Å². The lowest BCUT2D eigenvalue weighted by molar-refractivity contribution is -0.130. The van der Waals surface area contributed by atoms with Crippen molar-refractivity contribution < 1.29 is 4.79 Å². The summed E-state index contributed by atoms with van der Waals surface area (Å²) in [5.74, 6) is -0.103. The normalized spacial score (nSPS) is 10.8. The fourth-order valence-corrected chi connectivity index (χ4v) is 2.20. The zero-order valence-corrected chi connectivity index (χ0v) is 12.9. The molecule has 0 bridgehead atoms. The van der Waals surface area contributed by atoms with Crippen molar-refractivity contribution in [2.45, 2.75) is 26.3 Å². The predicted octanol–water partition coefficient (Wildman–Crippen LogP) is 2.31. The Morgan fingerprint density at radius 2 is 2.19 bits per heavy atom. The third-order valence-corrected chi connectivity index (χ3v) is 3.60. The van der Waals surface area contributed by atoms with Crippen LogP contribution >= 0.6 is 11.6 Å². The van der Waals surface area contributed by atoms with Gasteiger partial charge >= 0.3 is 0 Å². The van der Waals surface area contributed by atoms with E-state index in [4.69, 9.17) is 11.6 Å². The summed E-state index contributed by atoms with van der Waals surface area (Å²) in [4.78, 5) is 30.3. The van der Waals surface area contributed by atoms with Crippen molar-refractivity contribution in [2.75, 3.05) is 13.6 Å². The summed E-state index contributed by atoms with van der Waals surface area (Å²) in [6, 6.07) is 4.96. The predicted molar refractivity (Wildman–Crippen MR) is 83.6 cm³/mol. The average Bonchev–Trinajstić information content (AvgIpc) is 2.48. The number of carbonyl (C=O) groups is 1. The number of carbonyl (C=O) groups excluding carboxylic acids is 1. The van der Waals surface area contributed by atoms with Gasteiger partial charge in [-0.2, -0.15) is 0 Å². The molecule has 0 N–H and O–H groups in total. The Bertz CT molecular complexity index is 712. The number of likely N-dealkylation sites (N-methyl/N-ethyl adjacent to an activating group) is 1. The first-order valence-corrected chi connectivity index (χ1v) is 7.29. The smallest absolute Gasteiger partial charge is 0.261 e. The molecule has 1 heterocycles. The van der Waals surface area contributed by atoms with E-state index in [2.05, 4.69) is 11.9 Å². The molecule has 0 radical (unpaired) electrons. The van der Waals surface area contributed by atoms with Gasteiger partial charge in [0.15, 0.2) is 0 Å². The molecule has 6 heteroatoms. The molecular formula is C15H18ClN3O2. The Morgan fingerprint density at radius 1 is 1.43 bits per heavy atom. The maximum atomic E-state index is 12.3. The highest BCUT2D eigenvalue weighted by Gasteiger charge is 2.12. The molecule has 5 nitrogen and oxygen atoms in total. The highest BCUT2D eigenvalue weighted by molar-refractivity contribution is 6.31. The number of fused-ring (bicyclic) bond motifs is 1. The van der Waals surface area contributed by atoms with Gasteiger partial charge in [-0.3, -0.25) is 14.2 Å². The summed E-state index contributed by atoms with van der Waals surface area (Å²) in [5.41, 5.74) is 0.326. The molecule has 0 saturated heterocycles. The van der Waals surface area contributed by atoms with E-state index in [1.54, 1.807) is 30.1 Å². The first kappa shape index (κ1) is 15.5. The third kappa shape index (κ3) is 3.61.